The molecular formula is C21H18BrN3O3. The minimum absolute atomic E-state index is 0.158. The molecule has 0 saturated heterocycles. The molecule has 4 rings (SSSR count). The number of aromatic nitrogens is 2. The van der Waals surface area contributed by atoms with Crippen molar-refractivity contribution in [2.75, 3.05) is 0 Å². The third kappa shape index (κ3) is 3.71. The molecule has 0 aliphatic carbocycles. The highest BCUT2D eigenvalue weighted by molar-refractivity contribution is 9.10. The van der Waals surface area contributed by atoms with Crippen molar-refractivity contribution in [3.05, 3.63) is 75.4 Å². The molecule has 1 unspecified atom stereocenters. The fraction of sp³-hybridized carbons (Fsp3) is 0.190. The molecular weight excluding hydrogens is 422 g/mol. The van der Waals surface area contributed by atoms with Crippen molar-refractivity contribution in [1.29, 1.82) is 0 Å². The second kappa shape index (κ2) is 7.59. The van der Waals surface area contributed by atoms with Gasteiger partial charge in [-0.15, -0.1) is 0 Å². The summed E-state index contributed by atoms with van der Waals surface area (Å²) in [5.41, 5.74) is 1.26. The molecule has 0 aliphatic heterocycles. The van der Waals surface area contributed by atoms with Gasteiger partial charge in [0.25, 0.3) is 5.56 Å². The van der Waals surface area contributed by atoms with Gasteiger partial charge in [-0.3, -0.25) is 14.2 Å². The summed E-state index contributed by atoms with van der Waals surface area (Å²) in [4.78, 5) is 29.2. The van der Waals surface area contributed by atoms with E-state index in [9.17, 15) is 9.59 Å². The van der Waals surface area contributed by atoms with Crippen LogP contribution in [0.2, 0.25) is 0 Å². The Bertz CT molecular complexity index is 1200. The molecule has 7 heteroatoms. The van der Waals surface area contributed by atoms with Gasteiger partial charge in [0.1, 0.15) is 11.3 Å². The van der Waals surface area contributed by atoms with E-state index in [1.54, 1.807) is 12.1 Å². The topological polar surface area (TPSA) is 77.1 Å². The average molecular weight is 440 g/mol. The maximum Gasteiger partial charge on any atom is 0.261 e. The summed E-state index contributed by atoms with van der Waals surface area (Å²) in [6.45, 7) is 2.13. The molecule has 6 nitrogen and oxygen atoms in total. The smallest absolute Gasteiger partial charge is 0.261 e. The van der Waals surface area contributed by atoms with Crippen molar-refractivity contribution in [2.24, 2.45) is 0 Å². The number of aryl methyl sites for hydroxylation is 1. The summed E-state index contributed by atoms with van der Waals surface area (Å²) in [6, 6.07) is 14.7. The summed E-state index contributed by atoms with van der Waals surface area (Å²) in [7, 11) is 0. The summed E-state index contributed by atoms with van der Waals surface area (Å²) in [5.74, 6) is 0.540. The highest BCUT2D eigenvalue weighted by Gasteiger charge is 2.14. The number of carbonyl (C=O) groups is 1. The molecule has 1 amide bonds. The van der Waals surface area contributed by atoms with Crippen LogP contribution in [0.4, 0.5) is 0 Å². The average Bonchev–Trinajstić information content (AvgIpc) is 3.12. The molecule has 0 aliphatic rings. The predicted octanol–water partition coefficient (Wildman–Crippen LogP) is 4.17. The van der Waals surface area contributed by atoms with E-state index in [0.717, 1.165) is 15.4 Å². The van der Waals surface area contributed by atoms with Crippen LogP contribution in [-0.2, 0) is 11.3 Å². The molecule has 2 aromatic carbocycles. The number of fused-ring (bicyclic) bond motifs is 2. The van der Waals surface area contributed by atoms with Gasteiger partial charge in [-0.2, -0.15) is 0 Å². The number of nitrogens with zero attached hydrogens (tertiary/aromatic N) is 2. The van der Waals surface area contributed by atoms with E-state index in [4.69, 9.17) is 4.42 Å². The quantitative estimate of drug-likeness (QED) is 0.506. The first-order valence-electron chi connectivity index (χ1n) is 8.94. The van der Waals surface area contributed by atoms with Gasteiger partial charge in [0.15, 0.2) is 0 Å². The number of hydrogen-bond donors (Lipinski definition) is 1. The van der Waals surface area contributed by atoms with E-state index in [0.29, 0.717) is 16.7 Å². The number of nitrogens with one attached hydrogen (secondary N) is 1. The highest BCUT2D eigenvalue weighted by atomic mass is 79.9. The van der Waals surface area contributed by atoms with E-state index in [2.05, 4.69) is 26.2 Å². The minimum Gasteiger partial charge on any atom is -0.459 e. The van der Waals surface area contributed by atoms with Crippen LogP contribution < -0.4 is 10.9 Å². The van der Waals surface area contributed by atoms with E-state index in [-0.39, 0.29) is 30.5 Å². The van der Waals surface area contributed by atoms with Crippen LogP contribution in [-0.4, -0.2) is 15.5 Å². The number of halogens is 1. The van der Waals surface area contributed by atoms with Crippen LogP contribution in [0.1, 0.15) is 25.1 Å². The van der Waals surface area contributed by atoms with Gasteiger partial charge < -0.3 is 9.73 Å². The standard InChI is InChI=1S/C21H18BrN3O3/c1-13(19-10-14-4-2-3-5-18(14)28-19)24-20(26)8-9-25-12-23-17-7-6-15(22)11-16(17)21(25)27/h2-7,10-13H,8-9H2,1H3,(H,24,26). The summed E-state index contributed by atoms with van der Waals surface area (Å²) < 4.78 is 8.06. The summed E-state index contributed by atoms with van der Waals surface area (Å²) in [5, 5.41) is 4.44. The molecule has 28 heavy (non-hydrogen) atoms. The molecule has 142 valence electrons. The first-order chi connectivity index (χ1) is 13.5. The zero-order valence-electron chi connectivity index (χ0n) is 15.2. The lowest BCUT2D eigenvalue weighted by Crippen LogP contribution is -2.29. The monoisotopic (exact) mass is 439 g/mol. The summed E-state index contributed by atoms with van der Waals surface area (Å²) in [6.07, 6.45) is 1.65. The molecule has 0 saturated carbocycles. The van der Waals surface area contributed by atoms with Crippen molar-refractivity contribution in [1.82, 2.24) is 14.9 Å². The van der Waals surface area contributed by atoms with Crippen LogP contribution in [0, 0.1) is 0 Å². The largest absolute Gasteiger partial charge is 0.459 e. The Balaban J connectivity index is 1.43. The second-order valence-electron chi connectivity index (χ2n) is 6.63. The zero-order chi connectivity index (χ0) is 19.7. The van der Waals surface area contributed by atoms with Gasteiger partial charge in [0, 0.05) is 22.8 Å². The van der Waals surface area contributed by atoms with Crippen molar-refractivity contribution in [2.45, 2.75) is 25.9 Å². The number of benzene rings is 2. The number of para-hydroxylation sites is 1. The molecule has 4 aromatic rings. The van der Waals surface area contributed by atoms with Gasteiger partial charge in [0.05, 0.1) is 23.3 Å². The maximum absolute atomic E-state index is 12.6. The molecule has 2 aromatic heterocycles. The van der Waals surface area contributed by atoms with Crippen LogP contribution in [0.25, 0.3) is 21.9 Å². The zero-order valence-corrected chi connectivity index (χ0v) is 16.8. The Hall–Kier alpha value is -2.93. The Kier molecular flexibility index (Phi) is 5.00. The lowest BCUT2D eigenvalue weighted by molar-refractivity contribution is -0.122. The Morgan fingerprint density at radius 2 is 2.07 bits per heavy atom. The molecule has 1 N–H and O–H groups in total. The third-order valence-electron chi connectivity index (χ3n) is 4.61. The fourth-order valence-corrected chi connectivity index (χ4v) is 3.47. The molecule has 0 fully saturated rings. The van der Waals surface area contributed by atoms with E-state index < -0.39 is 0 Å². The van der Waals surface area contributed by atoms with E-state index in [1.165, 1.54) is 10.9 Å². The highest BCUT2D eigenvalue weighted by Crippen LogP contribution is 2.23. The number of hydrogen-bond acceptors (Lipinski definition) is 4. The number of carbonyl (C=O) groups excluding carboxylic acids is 1. The van der Waals surface area contributed by atoms with Crippen LogP contribution in [0.15, 0.2) is 68.5 Å². The predicted molar refractivity (Wildman–Crippen MR) is 111 cm³/mol. The normalized spacial score (nSPS) is 12.4. The molecule has 2 heterocycles. The van der Waals surface area contributed by atoms with Crippen molar-refractivity contribution < 1.29 is 9.21 Å². The van der Waals surface area contributed by atoms with Gasteiger partial charge >= 0.3 is 0 Å². The molecule has 0 spiro atoms. The fourth-order valence-electron chi connectivity index (χ4n) is 3.11. The minimum atomic E-state index is -0.262. The van der Waals surface area contributed by atoms with Crippen LogP contribution in [0.3, 0.4) is 0 Å². The van der Waals surface area contributed by atoms with Crippen molar-refractivity contribution in [3.63, 3.8) is 0 Å². The molecule has 1 atom stereocenters. The van der Waals surface area contributed by atoms with Gasteiger partial charge in [-0.05, 0) is 37.3 Å². The van der Waals surface area contributed by atoms with E-state index in [1.807, 2.05) is 43.3 Å². The van der Waals surface area contributed by atoms with Crippen LogP contribution >= 0.6 is 15.9 Å². The molecule has 0 bridgehead atoms. The number of amides is 1. The Morgan fingerprint density at radius 1 is 1.25 bits per heavy atom. The Morgan fingerprint density at radius 3 is 2.89 bits per heavy atom. The number of furan rings is 1. The molecule has 0 radical (unpaired) electrons. The maximum atomic E-state index is 12.6. The lowest BCUT2D eigenvalue weighted by atomic mass is 10.2. The van der Waals surface area contributed by atoms with Gasteiger partial charge in [-0.1, -0.05) is 34.1 Å². The van der Waals surface area contributed by atoms with Crippen molar-refractivity contribution >= 4 is 43.7 Å². The first kappa shape index (κ1) is 18.4. The van der Waals surface area contributed by atoms with Gasteiger partial charge in [0.2, 0.25) is 5.91 Å². The first-order valence-corrected chi connectivity index (χ1v) is 9.73. The van der Waals surface area contributed by atoms with Crippen molar-refractivity contribution in [3.8, 4) is 0 Å². The second-order valence-corrected chi connectivity index (χ2v) is 7.55. The SMILES string of the molecule is CC(NC(=O)CCn1cnc2ccc(Br)cc2c1=O)c1cc2ccccc2o1. The number of rotatable bonds is 5. The lowest BCUT2D eigenvalue weighted by Gasteiger charge is -2.12. The van der Waals surface area contributed by atoms with Gasteiger partial charge in [-0.25, -0.2) is 4.98 Å². The van der Waals surface area contributed by atoms with E-state index >= 15 is 0 Å². The van der Waals surface area contributed by atoms with Crippen LogP contribution in [0.5, 0.6) is 0 Å². The Labute approximate surface area is 169 Å². The third-order valence-corrected chi connectivity index (χ3v) is 5.11. The summed E-state index contributed by atoms with van der Waals surface area (Å²) >= 11 is 3.37.